The number of benzene rings is 1. The van der Waals surface area contributed by atoms with Crippen LogP contribution in [0.2, 0.25) is 0 Å². The van der Waals surface area contributed by atoms with Crippen LogP contribution >= 0.6 is 15.9 Å². The zero-order valence-electron chi connectivity index (χ0n) is 7.47. The average molecular weight is 242 g/mol. The third-order valence-electron chi connectivity index (χ3n) is 2.49. The lowest BCUT2D eigenvalue weighted by Crippen LogP contribution is -2.35. The average Bonchev–Trinajstić information content (AvgIpc) is 1.95. The summed E-state index contributed by atoms with van der Waals surface area (Å²) in [7, 11) is 0. The van der Waals surface area contributed by atoms with Crippen molar-refractivity contribution in [3.05, 3.63) is 27.7 Å². The molecule has 1 saturated heterocycles. The van der Waals surface area contributed by atoms with Crippen molar-refractivity contribution in [2.45, 2.75) is 19.4 Å². The maximum absolute atomic E-state index is 9.80. The molecule has 2 N–H and O–H groups in total. The fourth-order valence-corrected chi connectivity index (χ4v) is 2.17. The highest BCUT2D eigenvalue weighted by Crippen LogP contribution is 2.34. The smallest absolute Gasteiger partial charge is 0.123 e. The van der Waals surface area contributed by atoms with E-state index in [4.69, 9.17) is 0 Å². The highest BCUT2D eigenvalue weighted by Gasteiger charge is 2.22. The van der Waals surface area contributed by atoms with Gasteiger partial charge in [-0.2, -0.15) is 0 Å². The van der Waals surface area contributed by atoms with Crippen molar-refractivity contribution in [3.63, 3.8) is 0 Å². The maximum atomic E-state index is 9.80. The molecule has 1 atom stereocenters. The molecule has 13 heavy (non-hydrogen) atoms. The van der Waals surface area contributed by atoms with Crippen molar-refractivity contribution in [2.75, 3.05) is 6.54 Å². The Bertz CT molecular complexity index is 334. The number of hydrogen-bond acceptors (Lipinski definition) is 2. The Morgan fingerprint density at radius 1 is 1.54 bits per heavy atom. The monoisotopic (exact) mass is 241 g/mol. The molecule has 2 nitrogen and oxygen atoms in total. The number of phenolic OH excluding ortho intramolecular Hbond substituents is 1. The van der Waals surface area contributed by atoms with Crippen LogP contribution in [0.25, 0.3) is 0 Å². The molecule has 70 valence electrons. The van der Waals surface area contributed by atoms with E-state index in [0.717, 1.165) is 28.6 Å². The quantitative estimate of drug-likeness (QED) is 0.792. The van der Waals surface area contributed by atoms with Gasteiger partial charge in [0.15, 0.2) is 0 Å². The Morgan fingerprint density at radius 2 is 2.23 bits per heavy atom. The summed E-state index contributed by atoms with van der Waals surface area (Å²) in [6, 6.07) is 4.26. The largest absolute Gasteiger partial charge is 0.507 e. The molecule has 0 aromatic heterocycles. The van der Waals surface area contributed by atoms with E-state index < -0.39 is 0 Å². The summed E-state index contributed by atoms with van der Waals surface area (Å²) in [6.07, 6.45) is 1.11. The molecule has 1 heterocycles. The molecule has 1 aromatic carbocycles. The molecule has 1 fully saturated rings. The first-order valence-electron chi connectivity index (χ1n) is 4.41. The molecule has 0 spiro atoms. The van der Waals surface area contributed by atoms with Crippen LogP contribution in [0, 0.1) is 6.92 Å². The van der Waals surface area contributed by atoms with Gasteiger partial charge in [-0.15, -0.1) is 0 Å². The lowest BCUT2D eigenvalue weighted by molar-refractivity contribution is 0.363. The molecule has 1 aliphatic heterocycles. The van der Waals surface area contributed by atoms with E-state index in [-0.39, 0.29) is 0 Å². The Hall–Kier alpha value is -0.540. The molecule has 0 bridgehead atoms. The molecule has 0 saturated carbocycles. The summed E-state index contributed by atoms with van der Waals surface area (Å²) in [5, 5.41) is 13.1. The number of hydrogen-bond donors (Lipinski definition) is 2. The van der Waals surface area contributed by atoms with Crippen molar-refractivity contribution < 1.29 is 5.11 Å². The minimum absolute atomic E-state index is 0.344. The van der Waals surface area contributed by atoms with Gasteiger partial charge in [0.25, 0.3) is 0 Å². The fourth-order valence-electron chi connectivity index (χ4n) is 1.58. The van der Waals surface area contributed by atoms with Gasteiger partial charge in [-0.3, -0.25) is 0 Å². The molecular weight excluding hydrogens is 230 g/mol. The number of aryl methyl sites for hydroxylation is 1. The summed E-state index contributed by atoms with van der Waals surface area (Å²) in [4.78, 5) is 0. The van der Waals surface area contributed by atoms with E-state index in [0.29, 0.717) is 11.8 Å². The first-order valence-corrected chi connectivity index (χ1v) is 5.20. The Balaban J connectivity index is 2.42. The van der Waals surface area contributed by atoms with E-state index >= 15 is 0 Å². The van der Waals surface area contributed by atoms with Crippen LogP contribution in [0.5, 0.6) is 5.75 Å². The van der Waals surface area contributed by atoms with Crippen LogP contribution in [-0.2, 0) is 0 Å². The van der Waals surface area contributed by atoms with Crippen LogP contribution < -0.4 is 5.32 Å². The van der Waals surface area contributed by atoms with Gasteiger partial charge in [0.05, 0.1) is 0 Å². The summed E-state index contributed by atoms with van der Waals surface area (Å²) in [5.41, 5.74) is 1.94. The van der Waals surface area contributed by atoms with Gasteiger partial charge in [0.1, 0.15) is 5.75 Å². The molecule has 1 aromatic rings. The highest BCUT2D eigenvalue weighted by atomic mass is 79.9. The number of nitrogens with one attached hydrogen (secondary N) is 1. The van der Waals surface area contributed by atoms with Gasteiger partial charge in [-0.05, 0) is 37.6 Å². The van der Waals surface area contributed by atoms with Crippen LogP contribution in [0.3, 0.4) is 0 Å². The minimum atomic E-state index is 0.344. The van der Waals surface area contributed by atoms with E-state index in [1.54, 1.807) is 0 Å². The standard InChI is InChI=1S/C10H12BrNO/c1-6-4-7(11)5-8(10(6)13)9-2-3-12-9/h4-5,9,12-13H,2-3H2,1H3/t9-/m1/s1. The Morgan fingerprint density at radius 3 is 2.77 bits per heavy atom. The fraction of sp³-hybridized carbons (Fsp3) is 0.400. The van der Waals surface area contributed by atoms with Gasteiger partial charge in [-0.1, -0.05) is 15.9 Å². The first kappa shape index (κ1) is 9.03. The molecule has 1 aliphatic rings. The van der Waals surface area contributed by atoms with E-state index in [1.165, 1.54) is 0 Å². The van der Waals surface area contributed by atoms with E-state index in [2.05, 4.69) is 21.2 Å². The predicted molar refractivity (Wildman–Crippen MR) is 55.9 cm³/mol. The van der Waals surface area contributed by atoms with Crippen molar-refractivity contribution >= 4 is 15.9 Å². The molecule has 0 radical (unpaired) electrons. The second-order valence-corrected chi connectivity index (χ2v) is 4.37. The number of halogens is 1. The summed E-state index contributed by atoms with van der Waals surface area (Å²) < 4.78 is 1.03. The van der Waals surface area contributed by atoms with Gasteiger partial charge in [-0.25, -0.2) is 0 Å². The van der Waals surface area contributed by atoms with Crippen molar-refractivity contribution in [1.29, 1.82) is 0 Å². The van der Waals surface area contributed by atoms with Crippen LogP contribution in [0.4, 0.5) is 0 Å². The van der Waals surface area contributed by atoms with Crippen molar-refractivity contribution in [3.8, 4) is 5.75 Å². The van der Waals surface area contributed by atoms with Gasteiger partial charge in [0, 0.05) is 16.1 Å². The molecule has 0 aliphatic carbocycles. The summed E-state index contributed by atoms with van der Waals surface area (Å²) >= 11 is 3.43. The van der Waals surface area contributed by atoms with Crippen molar-refractivity contribution in [2.24, 2.45) is 0 Å². The number of aromatic hydroxyl groups is 1. The van der Waals surface area contributed by atoms with Crippen molar-refractivity contribution in [1.82, 2.24) is 5.32 Å². The second kappa shape index (κ2) is 3.31. The Labute approximate surface area is 86.1 Å². The van der Waals surface area contributed by atoms with Gasteiger partial charge >= 0.3 is 0 Å². The van der Waals surface area contributed by atoms with Crippen LogP contribution in [-0.4, -0.2) is 11.7 Å². The second-order valence-electron chi connectivity index (χ2n) is 3.46. The predicted octanol–water partition coefficient (Wildman–Crippen LogP) is 2.50. The molecular formula is C10H12BrNO. The van der Waals surface area contributed by atoms with Gasteiger partial charge < -0.3 is 10.4 Å². The summed E-state index contributed by atoms with van der Waals surface area (Å²) in [6.45, 7) is 2.97. The third kappa shape index (κ3) is 1.58. The molecule has 2 rings (SSSR count). The van der Waals surface area contributed by atoms with E-state index in [9.17, 15) is 5.11 Å². The SMILES string of the molecule is Cc1cc(Br)cc([C@H]2CCN2)c1O. The van der Waals surface area contributed by atoms with E-state index in [1.807, 2.05) is 19.1 Å². The zero-order chi connectivity index (χ0) is 9.42. The highest BCUT2D eigenvalue weighted by molar-refractivity contribution is 9.10. The molecule has 0 unspecified atom stereocenters. The number of rotatable bonds is 1. The molecule has 0 amide bonds. The third-order valence-corrected chi connectivity index (χ3v) is 2.95. The summed E-state index contributed by atoms with van der Waals surface area (Å²) in [5.74, 6) is 0.431. The minimum Gasteiger partial charge on any atom is -0.507 e. The Kier molecular flexibility index (Phi) is 2.30. The lowest BCUT2D eigenvalue weighted by Gasteiger charge is -2.29. The topological polar surface area (TPSA) is 32.3 Å². The van der Waals surface area contributed by atoms with Crippen LogP contribution in [0.1, 0.15) is 23.6 Å². The van der Waals surface area contributed by atoms with Crippen LogP contribution in [0.15, 0.2) is 16.6 Å². The zero-order valence-corrected chi connectivity index (χ0v) is 9.06. The molecule has 3 heteroatoms. The lowest BCUT2D eigenvalue weighted by atomic mass is 9.95. The maximum Gasteiger partial charge on any atom is 0.123 e. The van der Waals surface area contributed by atoms with Gasteiger partial charge in [0.2, 0.25) is 0 Å². The normalized spacial score (nSPS) is 21.2. The first-order chi connectivity index (χ1) is 6.18. The number of phenols is 1.